The molecule has 1 saturated heterocycles. The van der Waals surface area contributed by atoms with E-state index in [-0.39, 0.29) is 5.91 Å². The van der Waals surface area contributed by atoms with Crippen molar-refractivity contribution in [2.75, 3.05) is 40.4 Å². The first kappa shape index (κ1) is 19.5. The van der Waals surface area contributed by atoms with Gasteiger partial charge in [-0.3, -0.25) is 9.69 Å². The minimum absolute atomic E-state index is 0.00656. The van der Waals surface area contributed by atoms with Crippen LogP contribution < -0.4 is 9.47 Å². The molecule has 0 radical (unpaired) electrons. The van der Waals surface area contributed by atoms with Crippen molar-refractivity contribution in [3.8, 4) is 11.5 Å². The highest BCUT2D eigenvalue weighted by Crippen LogP contribution is 2.36. The molecule has 1 aromatic heterocycles. The van der Waals surface area contributed by atoms with Crippen molar-refractivity contribution in [3.63, 3.8) is 0 Å². The van der Waals surface area contributed by atoms with E-state index in [0.29, 0.717) is 34.6 Å². The summed E-state index contributed by atoms with van der Waals surface area (Å²) in [4.78, 5) is 18.3. The molecule has 1 aliphatic rings. The summed E-state index contributed by atoms with van der Waals surface area (Å²) >= 11 is 11.0. The van der Waals surface area contributed by atoms with Gasteiger partial charge in [0.2, 0.25) is 0 Å². The second-order valence-corrected chi connectivity index (χ2v) is 8.56. The van der Waals surface area contributed by atoms with Crippen molar-refractivity contribution in [2.24, 2.45) is 0 Å². The Kier molecular flexibility index (Phi) is 6.45. The summed E-state index contributed by atoms with van der Waals surface area (Å²) in [5.41, 5.74) is 0.570. The minimum Gasteiger partial charge on any atom is -0.495 e. The highest BCUT2D eigenvalue weighted by Gasteiger charge is 2.24. The lowest BCUT2D eigenvalue weighted by Crippen LogP contribution is -2.48. The Morgan fingerprint density at radius 3 is 2.27 bits per heavy atom. The highest BCUT2D eigenvalue weighted by atomic mass is 79.9. The van der Waals surface area contributed by atoms with Gasteiger partial charge in [0.15, 0.2) is 0 Å². The van der Waals surface area contributed by atoms with Crippen molar-refractivity contribution < 1.29 is 14.3 Å². The summed E-state index contributed by atoms with van der Waals surface area (Å²) in [6.45, 7) is 3.94. The van der Waals surface area contributed by atoms with Gasteiger partial charge in [0.05, 0.1) is 18.6 Å². The van der Waals surface area contributed by atoms with Gasteiger partial charge in [-0.2, -0.15) is 0 Å². The number of rotatable bonds is 5. The van der Waals surface area contributed by atoms with Crippen LogP contribution in [-0.4, -0.2) is 56.1 Å². The predicted molar refractivity (Wildman–Crippen MR) is 108 cm³/mol. The monoisotopic (exact) mass is 458 g/mol. The highest BCUT2D eigenvalue weighted by molar-refractivity contribution is 9.10. The fourth-order valence-corrected chi connectivity index (χ4v) is 4.62. The molecular weight excluding hydrogens is 440 g/mol. The van der Waals surface area contributed by atoms with Gasteiger partial charge in [-0.1, -0.05) is 11.6 Å². The number of carbonyl (C=O) groups excluding carboxylic acids is 1. The summed E-state index contributed by atoms with van der Waals surface area (Å²) in [5.74, 6) is 1.16. The Bertz CT molecular complexity index is 765. The van der Waals surface area contributed by atoms with E-state index in [2.05, 4.69) is 26.9 Å². The molecule has 140 valence electrons. The number of ether oxygens (including phenoxy) is 2. The van der Waals surface area contributed by atoms with Crippen LogP contribution in [0, 0.1) is 0 Å². The van der Waals surface area contributed by atoms with Gasteiger partial charge in [-0.05, 0) is 40.2 Å². The molecule has 1 aromatic carbocycles. The Labute approximate surface area is 170 Å². The lowest BCUT2D eigenvalue weighted by molar-refractivity contribution is 0.0629. The quantitative estimate of drug-likeness (QED) is 0.674. The fraction of sp³-hybridized carbons (Fsp3) is 0.389. The van der Waals surface area contributed by atoms with Crippen molar-refractivity contribution in [1.29, 1.82) is 0 Å². The third-order valence-electron chi connectivity index (χ3n) is 4.36. The van der Waals surface area contributed by atoms with E-state index in [9.17, 15) is 4.79 Å². The van der Waals surface area contributed by atoms with Gasteiger partial charge in [0, 0.05) is 43.2 Å². The number of benzene rings is 1. The third-order valence-corrected chi connectivity index (χ3v) is 6.36. The molecule has 0 N–H and O–H groups in total. The largest absolute Gasteiger partial charge is 0.495 e. The summed E-state index contributed by atoms with van der Waals surface area (Å²) in [5, 5.41) is 0. The number of hydrogen-bond donors (Lipinski definition) is 0. The molecule has 26 heavy (non-hydrogen) atoms. The normalized spacial score (nSPS) is 15.2. The number of amides is 1. The van der Waals surface area contributed by atoms with Crippen molar-refractivity contribution in [3.05, 3.63) is 43.5 Å². The number of carbonyl (C=O) groups is 1. The molecule has 1 fully saturated rings. The predicted octanol–water partition coefficient (Wildman–Crippen LogP) is 4.14. The Hall–Kier alpha value is -1.28. The zero-order valence-electron chi connectivity index (χ0n) is 14.6. The van der Waals surface area contributed by atoms with Crippen LogP contribution in [0.25, 0.3) is 0 Å². The Morgan fingerprint density at radius 2 is 1.77 bits per heavy atom. The van der Waals surface area contributed by atoms with E-state index < -0.39 is 0 Å². The Morgan fingerprint density at radius 1 is 1.15 bits per heavy atom. The maximum Gasteiger partial charge on any atom is 0.254 e. The molecule has 2 aromatic rings. The van der Waals surface area contributed by atoms with E-state index in [1.807, 2.05) is 11.0 Å². The molecule has 0 saturated carbocycles. The summed E-state index contributed by atoms with van der Waals surface area (Å²) in [6.07, 6.45) is 0. The zero-order valence-corrected chi connectivity index (χ0v) is 17.8. The molecule has 5 nitrogen and oxygen atoms in total. The van der Waals surface area contributed by atoms with Crippen LogP contribution in [0.15, 0.2) is 28.7 Å². The average Bonchev–Trinajstić information content (AvgIpc) is 3.06. The van der Waals surface area contributed by atoms with Gasteiger partial charge in [-0.25, -0.2) is 0 Å². The van der Waals surface area contributed by atoms with Gasteiger partial charge in [0.1, 0.15) is 16.0 Å². The molecule has 0 spiro atoms. The number of hydrogen-bond acceptors (Lipinski definition) is 5. The molecule has 0 bridgehead atoms. The SMILES string of the molecule is COc1cc(C(=O)N2CCN(Cc3ccc(Cl)s3)CC2)cc(OC)c1Br. The van der Waals surface area contributed by atoms with Gasteiger partial charge < -0.3 is 14.4 Å². The van der Waals surface area contributed by atoms with Crippen LogP contribution in [-0.2, 0) is 6.54 Å². The van der Waals surface area contributed by atoms with Gasteiger partial charge in [-0.15, -0.1) is 11.3 Å². The van der Waals surface area contributed by atoms with Crippen LogP contribution in [0.3, 0.4) is 0 Å². The topological polar surface area (TPSA) is 42.0 Å². The molecule has 0 unspecified atom stereocenters. The van der Waals surface area contributed by atoms with Crippen LogP contribution >= 0.6 is 38.9 Å². The second-order valence-electron chi connectivity index (χ2n) is 5.97. The van der Waals surface area contributed by atoms with E-state index in [0.717, 1.165) is 24.0 Å². The molecule has 0 aliphatic carbocycles. The maximum absolute atomic E-state index is 12.9. The second kappa shape index (κ2) is 8.61. The van der Waals surface area contributed by atoms with Gasteiger partial charge >= 0.3 is 0 Å². The first-order valence-corrected chi connectivity index (χ1v) is 10.2. The van der Waals surface area contributed by atoms with Crippen molar-refractivity contribution >= 4 is 44.8 Å². The lowest BCUT2D eigenvalue weighted by Gasteiger charge is -2.34. The zero-order chi connectivity index (χ0) is 18.7. The number of halogens is 2. The van der Waals surface area contributed by atoms with Crippen molar-refractivity contribution in [2.45, 2.75) is 6.54 Å². The number of thiophene rings is 1. The number of methoxy groups -OCH3 is 2. The number of nitrogens with zero attached hydrogens (tertiary/aromatic N) is 2. The molecule has 3 rings (SSSR count). The maximum atomic E-state index is 12.9. The van der Waals surface area contributed by atoms with Crippen molar-refractivity contribution in [1.82, 2.24) is 9.80 Å². The molecule has 1 aliphatic heterocycles. The lowest BCUT2D eigenvalue weighted by atomic mass is 10.1. The third kappa shape index (κ3) is 4.34. The molecular formula is C18H20BrClN2O3S. The number of piperazine rings is 1. The van der Waals surface area contributed by atoms with Crippen LogP contribution in [0.4, 0.5) is 0 Å². The minimum atomic E-state index is -0.00656. The standard InChI is InChI=1S/C18H20BrClN2O3S/c1-24-14-9-12(10-15(25-2)17(14)19)18(23)22-7-5-21(6-8-22)11-13-3-4-16(20)26-13/h3-4,9-10H,5-8,11H2,1-2H3. The smallest absolute Gasteiger partial charge is 0.254 e. The van der Waals surface area contributed by atoms with Crippen LogP contribution in [0.2, 0.25) is 4.34 Å². The molecule has 1 amide bonds. The first-order valence-electron chi connectivity index (χ1n) is 8.19. The van der Waals surface area contributed by atoms with E-state index in [4.69, 9.17) is 21.1 Å². The van der Waals surface area contributed by atoms with E-state index in [1.54, 1.807) is 37.7 Å². The molecule has 2 heterocycles. The summed E-state index contributed by atoms with van der Waals surface area (Å²) < 4.78 is 12.2. The van der Waals surface area contributed by atoms with Gasteiger partial charge in [0.25, 0.3) is 5.91 Å². The van der Waals surface area contributed by atoms with Crippen LogP contribution in [0.5, 0.6) is 11.5 Å². The molecule has 8 heteroatoms. The summed E-state index contributed by atoms with van der Waals surface area (Å²) in [6, 6.07) is 7.48. The summed E-state index contributed by atoms with van der Waals surface area (Å²) in [7, 11) is 3.15. The van der Waals surface area contributed by atoms with Crippen LogP contribution in [0.1, 0.15) is 15.2 Å². The average molecular weight is 460 g/mol. The van der Waals surface area contributed by atoms with E-state index >= 15 is 0 Å². The fourth-order valence-electron chi connectivity index (χ4n) is 2.94. The molecule has 0 atom stereocenters. The Balaban J connectivity index is 1.65. The first-order chi connectivity index (χ1) is 12.5. The van der Waals surface area contributed by atoms with E-state index in [1.165, 1.54) is 4.88 Å².